The van der Waals surface area contributed by atoms with Crippen LogP contribution in [0.4, 0.5) is 0 Å². The first-order valence-electron chi connectivity index (χ1n) is 8.87. The number of hydrogen-bond donors (Lipinski definition) is 1. The van der Waals surface area contributed by atoms with Gasteiger partial charge in [0.25, 0.3) is 5.91 Å². The van der Waals surface area contributed by atoms with Crippen molar-refractivity contribution < 1.29 is 18.7 Å². The smallest absolute Gasteiger partial charge is 0.395 e. The quantitative estimate of drug-likeness (QED) is 0.702. The van der Waals surface area contributed by atoms with Crippen LogP contribution in [0.3, 0.4) is 0 Å². The fourth-order valence-electron chi connectivity index (χ4n) is 2.60. The van der Waals surface area contributed by atoms with Crippen LogP contribution in [0.25, 0.3) is 5.88 Å². The molecule has 1 aliphatic heterocycles. The molecule has 1 saturated heterocycles. The second kappa shape index (κ2) is 8.81. The van der Waals surface area contributed by atoms with Gasteiger partial charge in [-0.1, -0.05) is 0 Å². The zero-order valence-electron chi connectivity index (χ0n) is 15.2. The SMILES string of the molecule is CC(C)NC(=O)c1ccn(-c2cnc(OCCCN3CCOCC3)o2)n1. The minimum atomic E-state index is -0.224. The minimum Gasteiger partial charge on any atom is -0.450 e. The number of carbonyl (C=O) groups excluding carboxylic acids is 1. The highest BCUT2D eigenvalue weighted by molar-refractivity contribution is 5.92. The van der Waals surface area contributed by atoms with Gasteiger partial charge in [-0.15, -0.1) is 0 Å². The molecule has 3 heterocycles. The molecule has 0 saturated carbocycles. The van der Waals surface area contributed by atoms with Crippen LogP contribution in [0.5, 0.6) is 6.08 Å². The van der Waals surface area contributed by atoms with Crippen LogP contribution in [-0.4, -0.2) is 71.1 Å². The highest BCUT2D eigenvalue weighted by atomic mass is 16.6. The van der Waals surface area contributed by atoms with E-state index in [0.717, 1.165) is 39.3 Å². The Hall–Kier alpha value is -2.39. The van der Waals surface area contributed by atoms with E-state index in [1.165, 1.54) is 10.9 Å². The van der Waals surface area contributed by atoms with Gasteiger partial charge in [0, 0.05) is 31.9 Å². The Balaban J connectivity index is 1.47. The fraction of sp³-hybridized carbons (Fsp3) is 0.588. The Morgan fingerprint density at radius 1 is 1.38 bits per heavy atom. The van der Waals surface area contributed by atoms with Crippen molar-refractivity contribution in [3.63, 3.8) is 0 Å². The van der Waals surface area contributed by atoms with E-state index in [-0.39, 0.29) is 18.0 Å². The van der Waals surface area contributed by atoms with Gasteiger partial charge in [0.2, 0.25) is 5.88 Å². The van der Waals surface area contributed by atoms with Crippen LogP contribution in [0.2, 0.25) is 0 Å². The predicted octanol–water partition coefficient (Wildman–Crippen LogP) is 1.10. The lowest BCUT2D eigenvalue weighted by Gasteiger charge is -2.26. The summed E-state index contributed by atoms with van der Waals surface area (Å²) in [6.45, 7) is 8.81. The van der Waals surface area contributed by atoms with Crippen molar-refractivity contribution in [1.82, 2.24) is 25.0 Å². The molecule has 0 unspecified atom stereocenters. The van der Waals surface area contributed by atoms with Crippen LogP contribution in [-0.2, 0) is 4.74 Å². The highest BCUT2D eigenvalue weighted by Crippen LogP contribution is 2.15. The number of rotatable bonds is 8. The molecule has 26 heavy (non-hydrogen) atoms. The molecule has 0 bridgehead atoms. The van der Waals surface area contributed by atoms with Crippen molar-refractivity contribution in [3.8, 4) is 12.0 Å². The maximum absolute atomic E-state index is 11.9. The van der Waals surface area contributed by atoms with Gasteiger partial charge in [-0.2, -0.15) is 10.1 Å². The van der Waals surface area contributed by atoms with Gasteiger partial charge in [0.15, 0.2) is 5.69 Å². The highest BCUT2D eigenvalue weighted by Gasteiger charge is 2.14. The minimum absolute atomic E-state index is 0.0513. The average Bonchev–Trinajstić information content (AvgIpc) is 3.28. The molecule has 0 aliphatic carbocycles. The lowest BCUT2D eigenvalue weighted by Crippen LogP contribution is -2.37. The third kappa shape index (κ3) is 5.06. The first-order valence-corrected chi connectivity index (χ1v) is 8.87. The molecule has 1 fully saturated rings. The van der Waals surface area contributed by atoms with Gasteiger partial charge in [0.05, 0.1) is 26.0 Å². The summed E-state index contributed by atoms with van der Waals surface area (Å²) in [7, 11) is 0. The molecule has 1 amide bonds. The zero-order valence-corrected chi connectivity index (χ0v) is 15.2. The van der Waals surface area contributed by atoms with Crippen molar-refractivity contribution >= 4 is 5.91 Å². The van der Waals surface area contributed by atoms with Crippen molar-refractivity contribution in [3.05, 3.63) is 24.2 Å². The molecule has 2 aromatic heterocycles. The molecule has 1 aliphatic rings. The molecule has 0 spiro atoms. The largest absolute Gasteiger partial charge is 0.450 e. The number of aromatic nitrogens is 3. The average molecular weight is 363 g/mol. The normalized spacial score (nSPS) is 15.3. The topological polar surface area (TPSA) is 94.7 Å². The van der Waals surface area contributed by atoms with E-state index in [9.17, 15) is 4.79 Å². The maximum Gasteiger partial charge on any atom is 0.395 e. The second-order valence-electron chi connectivity index (χ2n) is 6.39. The third-order valence-electron chi connectivity index (χ3n) is 3.89. The summed E-state index contributed by atoms with van der Waals surface area (Å²) >= 11 is 0. The summed E-state index contributed by atoms with van der Waals surface area (Å²) in [5, 5.41) is 6.99. The number of nitrogens with zero attached hydrogens (tertiary/aromatic N) is 4. The number of ether oxygens (including phenoxy) is 2. The Bertz CT molecular complexity index is 706. The van der Waals surface area contributed by atoms with Crippen molar-refractivity contribution in [1.29, 1.82) is 0 Å². The van der Waals surface area contributed by atoms with Crippen molar-refractivity contribution in [2.75, 3.05) is 39.5 Å². The van der Waals surface area contributed by atoms with E-state index >= 15 is 0 Å². The molecule has 0 radical (unpaired) electrons. The van der Waals surface area contributed by atoms with Gasteiger partial charge in [0.1, 0.15) is 0 Å². The lowest BCUT2D eigenvalue weighted by molar-refractivity contribution is 0.0352. The molecule has 9 heteroatoms. The first kappa shape index (κ1) is 18.4. The van der Waals surface area contributed by atoms with Gasteiger partial charge in [-0.3, -0.25) is 9.69 Å². The number of amides is 1. The molecule has 2 aromatic rings. The summed E-state index contributed by atoms with van der Waals surface area (Å²) < 4.78 is 17.9. The molecule has 9 nitrogen and oxygen atoms in total. The van der Waals surface area contributed by atoms with Crippen LogP contribution in [0, 0.1) is 0 Å². The van der Waals surface area contributed by atoms with Crippen molar-refractivity contribution in [2.45, 2.75) is 26.3 Å². The van der Waals surface area contributed by atoms with Gasteiger partial charge in [-0.05, 0) is 26.3 Å². The monoisotopic (exact) mass is 363 g/mol. The van der Waals surface area contributed by atoms with Crippen LogP contribution in [0.15, 0.2) is 22.9 Å². The number of oxazole rings is 1. The molecule has 3 rings (SSSR count). The van der Waals surface area contributed by atoms with Gasteiger partial charge >= 0.3 is 6.08 Å². The summed E-state index contributed by atoms with van der Waals surface area (Å²) in [5.74, 6) is 0.176. The fourth-order valence-corrected chi connectivity index (χ4v) is 2.60. The van der Waals surface area contributed by atoms with Crippen molar-refractivity contribution in [2.24, 2.45) is 0 Å². The van der Waals surface area contributed by atoms with E-state index in [4.69, 9.17) is 13.9 Å². The van der Waals surface area contributed by atoms with Crippen LogP contribution in [0.1, 0.15) is 30.8 Å². The summed E-state index contributed by atoms with van der Waals surface area (Å²) in [4.78, 5) is 18.4. The third-order valence-corrected chi connectivity index (χ3v) is 3.89. The number of carbonyl (C=O) groups is 1. The van der Waals surface area contributed by atoms with Gasteiger partial charge < -0.3 is 19.2 Å². The lowest BCUT2D eigenvalue weighted by atomic mass is 10.3. The summed E-state index contributed by atoms with van der Waals surface area (Å²) in [6, 6.07) is 1.68. The summed E-state index contributed by atoms with van der Waals surface area (Å²) in [5.41, 5.74) is 0.322. The van der Waals surface area contributed by atoms with E-state index < -0.39 is 0 Å². The zero-order chi connectivity index (χ0) is 18.4. The van der Waals surface area contributed by atoms with E-state index in [1.807, 2.05) is 13.8 Å². The number of nitrogens with one attached hydrogen (secondary N) is 1. The van der Waals surface area contributed by atoms with Gasteiger partial charge in [-0.25, -0.2) is 4.68 Å². The number of hydrogen-bond acceptors (Lipinski definition) is 7. The maximum atomic E-state index is 11.9. The standard InChI is InChI=1S/C17H25N5O4/c1-13(2)19-16(23)14-4-6-22(20-14)15-12-18-17(26-15)25-9-3-5-21-7-10-24-11-8-21/h4,6,12-13H,3,5,7-11H2,1-2H3,(H,19,23). The van der Waals surface area contributed by atoms with Crippen LogP contribution < -0.4 is 10.1 Å². The Morgan fingerprint density at radius 3 is 2.96 bits per heavy atom. The van der Waals surface area contributed by atoms with E-state index in [2.05, 4.69) is 20.3 Å². The Labute approximate surface area is 152 Å². The summed E-state index contributed by atoms with van der Waals surface area (Å²) in [6.07, 6.45) is 4.26. The molecule has 142 valence electrons. The van der Waals surface area contributed by atoms with E-state index in [1.54, 1.807) is 12.3 Å². The Morgan fingerprint density at radius 2 is 2.19 bits per heavy atom. The molecule has 0 aromatic carbocycles. The van der Waals surface area contributed by atoms with E-state index in [0.29, 0.717) is 18.2 Å². The number of morpholine rings is 1. The second-order valence-corrected chi connectivity index (χ2v) is 6.39. The van der Waals surface area contributed by atoms with Crippen LogP contribution >= 0.6 is 0 Å². The first-order chi connectivity index (χ1) is 12.6. The molecular weight excluding hydrogens is 338 g/mol. The molecular formula is C17H25N5O4. The predicted molar refractivity (Wildman–Crippen MR) is 93.6 cm³/mol. The Kier molecular flexibility index (Phi) is 6.24. The molecule has 0 atom stereocenters. The molecule has 1 N–H and O–H groups in total.